The molecule has 0 spiro atoms. The van der Waals surface area contributed by atoms with Crippen molar-refractivity contribution < 1.29 is 9.66 Å². The molecule has 0 saturated carbocycles. The third kappa shape index (κ3) is 3.88. The van der Waals surface area contributed by atoms with Crippen molar-refractivity contribution in [3.8, 4) is 11.6 Å². The van der Waals surface area contributed by atoms with E-state index in [0.717, 1.165) is 0 Å². The molecule has 0 bridgehead atoms. The molecule has 1 aromatic carbocycles. The molecule has 0 amide bonds. The van der Waals surface area contributed by atoms with Gasteiger partial charge in [-0.15, -0.1) is 0 Å². The summed E-state index contributed by atoms with van der Waals surface area (Å²) in [5.74, 6) is 0.805. The van der Waals surface area contributed by atoms with E-state index < -0.39 is 4.92 Å². The van der Waals surface area contributed by atoms with Crippen LogP contribution in [-0.4, -0.2) is 21.4 Å². The molecule has 7 nitrogen and oxygen atoms in total. The van der Waals surface area contributed by atoms with Gasteiger partial charge in [-0.25, -0.2) is 4.98 Å². The van der Waals surface area contributed by atoms with E-state index in [0.29, 0.717) is 22.7 Å². The van der Waals surface area contributed by atoms with Gasteiger partial charge in [0.1, 0.15) is 0 Å². The molecule has 0 aliphatic rings. The maximum absolute atomic E-state index is 11.1. The van der Waals surface area contributed by atoms with E-state index >= 15 is 0 Å². The first-order chi connectivity index (χ1) is 9.99. The molecular weight excluding hydrogens is 340 g/mol. The fraction of sp³-hybridized carbons (Fsp3) is 0.231. The molecule has 8 heteroatoms. The lowest BCUT2D eigenvalue weighted by atomic mass is 10.3. The normalized spacial score (nSPS) is 10.2. The largest absolute Gasteiger partial charge is 0.432 e. The molecule has 1 heterocycles. The molecule has 1 N–H and O–H groups in total. The highest BCUT2D eigenvalue weighted by Crippen LogP contribution is 2.33. The first kappa shape index (κ1) is 15.2. The Morgan fingerprint density at radius 2 is 2.14 bits per heavy atom. The number of ether oxygens (including phenoxy) is 1. The van der Waals surface area contributed by atoms with Gasteiger partial charge in [0.2, 0.25) is 17.6 Å². The monoisotopic (exact) mass is 352 g/mol. The smallest absolute Gasteiger partial charge is 0.312 e. The van der Waals surface area contributed by atoms with Crippen LogP contribution >= 0.6 is 15.9 Å². The molecule has 0 radical (unpaired) electrons. The Hall–Kier alpha value is -2.22. The Balaban J connectivity index is 2.36. The van der Waals surface area contributed by atoms with Crippen molar-refractivity contribution in [2.45, 2.75) is 13.8 Å². The zero-order valence-corrected chi connectivity index (χ0v) is 13.0. The van der Waals surface area contributed by atoms with Crippen molar-refractivity contribution >= 4 is 27.6 Å². The number of hydrogen-bond donors (Lipinski definition) is 1. The Morgan fingerprint density at radius 1 is 1.38 bits per heavy atom. The van der Waals surface area contributed by atoms with Crippen molar-refractivity contribution in [3.63, 3.8) is 0 Å². The average molecular weight is 353 g/mol. The number of hydrogen-bond acceptors (Lipinski definition) is 6. The molecule has 0 aliphatic heterocycles. The summed E-state index contributed by atoms with van der Waals surface area (Å²) in [7, 11) is 0. The molecular formula is C13H13BrN4O3. The fourth-order valence-corrected chi connectivity index (χ4v) is 2.01. The van der Waals surface area contributed by atoms with Gasteiger partial charge in [-0.05, 0) is 26.0 Å². The quantitative estimate of drug-likeness (QED) is 0.651. The molecule has 0 aliphatic carbocycles. The fourth-order valence-electron chi connectivity index (χ4n) is 1.66. The highest BCUT2D eigenvalue weighted by molar-refractivity contribution is 9.10. The van der Waals surface area contributed by atoms with Gasteiger partial charge in [0.25, 0.3) is 0 Å². The molecule has 0 saturated heterocycles. The van der Waals surface area contributed by atoms with Crippen LogP contribution in [0.3, 0.4) is 0 Å². The molecule has 0 atom stereocenters. The highest BCUT2D eigenvalue weighted by Gasteiger charge is 2.17. The van der Waals surface area contributed by atoms with E-state index in [1.54, 1.807) is 19.1 Å². The van der Waals surface area contributed by atoms with Crippen LogP contribution in [0.1, 0.15) is 12.6 Å². The minimum atomic E-state index is -0.501. The lowest BCUT2D eigenvalue weighted by Crippen LogP contribution is -2.04. The number of nitro benzene ring substituents is 1. The van der Waals surface area contributed by atoms with Crippen LogP contribution in [0.5, 0.6) is 11.6 Å². The van der Waals surface area contributed by atoms with Crippen LogP contribution in [0.15, 0.2) is 28.7 Å². The number of benzene rings is 1. The molecule has 2 aromatic rings. The summed E-state index contributed by atoms with van der Waals surface area (Å²) < 4.78 is 6.15. The van der Waals surface area contributed by atoms with Crippen molar-refractivity contribution in [1.82, 2.24) is 9.97 Å². The van der Waals surface area contributed by atoms with Crippen LogP contribution in [0, 0.1) is 17.0 Å². The Kier molecular flexibility index (Phi) is 4.69. The summed E-state index contributed by atoms with van der Waals surface area (Å²) in [6.07, 6.45) is 0. The van der Waals surface area contributed by atoms with Crippen LogP contribution < -0.4 is 10.1 Å². The van der Waals surface area contributed by atoms with E-state index in [-0.39, 0.29) is 17.3 Å². The van der Waals surface area contributed by atoms with Gasteiger partial charge in [-0.3, -0.25) is 10.1 Å². The van der Waals surface area contributed by atoms with Gasteiger partial charge in [0, 0.05) is 28.8 Å². The molecule has 2 rings (SSSR count). The number of nitro groups is 1. The number of nitrogens with zero attached hydrogens (tertiary/aromatic N) is 3. The van der Waals surface area contributed by atoms with Gasteiger partial charge in [0.05, 0.1) is 4.92 Å². The Morgan fingerprint density at radius 3 is 2.81 bits per heavy atom. The number of aromatic nitrogens is 2. The summed E-state index contributed by atoms with van der Waals surface area (Å²) in [5, 5.41) is 14.0. The second-order valence-electron chi connectivity index (χ2n) is 4.17. The predicted molar refractivity (Wildman–Crippen MR) is 81.8 cm³/mol. The molecule has 0 unspecified atom stereocenters. The molecule has 21 heavy (non-hydrogen) atoms. The number of anilines is 1. The number of aryl methyl sites for hydroxylation is 1. The molecule has 0 fully saturated rings. The van der Waals surface area contributed by atoms with E-state index in [1.807, 2.05) is 6.92 Å². The van der Waals surface area contributed by atoms with Gasteiger partial charge < -0.3 is 10.1 Å². The standard InChI is InChI=1S/C13H13BrN4O3/c1-3-15-13-16-8(2)6-12(17-13)21-11-5-4-9(14)7-10(11)18(19)20/h4-7H,3H2,1-2H3,(H,15,16,17). The van der Waals surface area contributed by atoms with E-state index in [9.17, 15) is 10.1 Å². The number of rotatable bonds is 5. The summed E-state index contributed by atoms with van der Waals surface area (Å²) in [6.45, 7) is 4.39. The minimum absolute atomic E-state index is 0.128. The summed E-state index contributed by atoms with van der Waals surface area (Å²) in [5.41, 5.74) is 0.571. The molecule has 1 aromatic heterocycles. The van der Waals surface area contributed by atoms with E-state index in [2.05, 4.69) is 31.2 Å². The lowest BCUT2D eigenvalue weighted by molar-refractivity contribution is -0.385. The second-order valence-corrected chi connectivity index (χ2v) is 5.09. The first-order valence-electron chi connectivity index (χ1n) is 6.21. The molecule has 110 valence electrons. The second kappa shape index (κ2) is 6.49. The maximum Gasteiger partial charge on any atom is 0.312 e. The summed E-state index contributed by atoms with van der Waals surface area (Å²) >= 11 is 3.20. The SMILES string of the molecule is CCNc1nc(C)cc(Oc2ccc(Br)cc2[N+](=O)[O-])n1. The van der Waals surface area contributed by atoms with Gasteiger partial charge in [0.15, 0.2) is 0 Å². The van der Waals surface area contributed by atoms with Crippen LogP contribution in [0.25, 0.3) is 0 Å². The van der Waals surface area contributed by atoms with Gasteiger partial charge in [-0.2, -0.15) is 4.98 Å². The van der Waals surface area contributed by atoms with E-state index in [4.69, 9.17) is 4.74 Å². The number of halogens is 1. The predicted octanol–water partition coefficient (Wildman–Crippen LogP) is 3.68. The maximum atomic E-state index is 11.1. The topological polar surface area (TPSA) is 90.2 Å². The average Bonchev–Trinajstić information content (AvgIpc) is 2.40. The van der Waals surface area contributed by atoms with Crippen molar-refractivity contribution in [3.05, 3.63) is 44.5 Å². The van der Waals surface area contributed by atoms with Gasteiger partial charge >= 0.3 is 5.69 Å². The lowest BCUT2D eigenvalue weighted by Gasteiger charge is -2.08. The summed E-state index contributed by atoms with van der Waals surface area (Å²) in [4.78, 5) is 18.9. The zero-order chi connectivity index (χ0) is 15.4. The Labute approximate surface area is 129 Å². The van der Waals surface area contributed by atoms with Crippen molar-refractivity contribution in [2.24, 2.45) is 0 Å². The zero-order valence-electron chi connectivity index (χ0n) is 11.5. The summed E-state index contributed by atoms with van der Waals surface area (Å²) in [6, 6.07) is 6.19. The van der Waals surface area contributed by atoms with Crippen molar-refractivity contribution in [1.29, 1.82) is 0 Å². The van der Waals surface area contributed by atoms with Crippen LogP contribution in [0.4, 0.5) is 11.6 Å². The van der Waals surface area contributed by atoms with Gasteiger partial charge in [-0.1, -0.05) is 15.9 Å². The Bertz CT molecular complexity index is 678. The van der Waals surface area contributed by atoms with E-state index in [1.165, 1.54) is 12.1 Å². The highest BCUT2D eigenvalue weighted by atomic mass is 79.9. The third-order valence-corrected chi connectivity index (χ3v) is 2.99. The van der Waals surface area contributed by atoms with Crippen molar-refractivity contribution in [2.75, 3.05) is 11.9 Å². The third-order valence-electron chi connectivity index (χ3n) is 2.50. The first-order valence-corrected chi connectivity index (χ1v) is 7.00. The van der Waals surface area contributed by atoms with Crippen LogP contribution in [0.2, 0.25) is 0 Å². The number of nitrogens with one attached hydrogen (secondary N) is 1. The van der Waals surface area contributed by atoms with Crippen LogP contribution in [-0.2, 0) is 0 Å². The minimum Gasteiger partial charge on any atom is -0.432 e.